The minimum atomic E-state index is -5.31. The molecule has 2 rings (SSSR count). The average Bonchev–Trinajstić information content (AvgIpc) is 2.92. The number of H-pyrrole nitrogens is 1. The number of halogens is 3. The minimum absolute atomic E-state index is 0.124. The minimum Gasteiger partial charge on any atom is -0.382 e. The maximum atomic E-state index is 12.5. The summed E-state index contributed by atoms with van der Waals surface area (Å²) in [7, 11) is 0. The number of rotatable bonds is 4. The van der Waals surface area contributed by atoms with Gasteiger partial charge in [0.2, 0.25) is 0 Å². The molecule has 2 unspecified atom stereocenters. The lowest BCUT2D eigenvalue weighted by Crippen LogP contribution is -2.45. The Bertz CT molecular complexity index is 841. The third-order valence-electron chi connectivity index (χ3n) is 3.65. The van der Waals surface area contributed by atoms with E-state index in [-0.39, 0.29) is 12.0 Å². The van der Waals surface area contributed by atoms with Gasteiger partial charge in [-0.1, -0.05) is 5.11 Å². The zero-order valence-corrected chi connectivity index (χ0v) is 12.6. The first-order valence-electron chi connectivity index (χ1n) is 6.87. The van der Waals surface area contributed by atoms with Gasteiger partial charge >= 0.3 is 11.9 Å². The molecule has 1 aromatic rings. The van der Waals surface area contributed by atoms with Crippen molar-refractivity contribution in [2.75, 3.05) is 0 Å². The molecule has 1 aliphatic heterocycles. The Labute approximate surface area is 136 Å². The molecule has 4 atom stereocenters. The van der Waals surface area contributed by atoms with Gasteiger partial charge in [-0.2, -0.15) is 13.2 Å². The second kappa shape index (κ2) is 6.70. The summed E-state index contributed by atoms with van der Waals surface area (Å²) in [5.41, 5.74) is 7.08. The number of azide groups is 1. The van der Waals surface area contributed by atoms with Crippen LogP contribution in [0.3, 0.4) is 0 Å². The second-order valence-corrected chi connectivity index (χ2v) is 5.35. The summed E-state index contributed by atoms with van der Waals surface area (Å²) in [5, 5.41) is 12.9. The van der Waals surface area contributed by atoms with Crippen LogP contribution in [0.2, 0.25) is 0 Å². The summed E-state index contributed by atoms with van der Waals surface area (Å²) in [4.78, 5) is 38.8. The summed E-state index contributed by atoms with van der Waals surface area (Å²) in [6, 6.07) is -1.32. The van der Waals surface area contributed by atoms with E-state index in [2.05, 4.69) is 10.0 Å². The van der Waals surface area contributed by atoms with Crippen LogP contribution in [0.15, 0.2) is 20.9 Å². The van der Waals surface area contributed by atoms with Crippen LogP contribution >= 0.6 is 0 Å². The number of aromatic nitrogens is 2. The summed E-state index contributed by atoms with van der Waals surface area (Å²) < 4.78 is 43.5. The number of aryl methyl sites for hydroxylation is 1. The van der Waals surface area contributed by atoms with Crippen molar-refractivity contribution >= 4 is 5.78 Å². The molecule has 0 radical (unpaired) electrons. The van der Waals surface area contributed by atoms with E-state index < -0.39 is 47.7 Å². The Kier molecular flexibility index (Phi) is 5.02. The van der Waals surface area contributed by atoms with E-state index in [0.29, 0.717) is 0 Å². The third kappa shape index (κ3) is 3.73. The number of aromatic amines is 1. The van der Waals surface area contributed by atoms with Gasteiger partial charge in [0.05, 0.1) is 6.04 Å². The Hall–Kier alpha value is -2.63. The van der Waals surface area contributed by atoms with Gasteiger partial charge < -0.3 is 9.84 Å². The number of hydrogen-bond donors (Lipinski definition) is 2. The number of ketones is 1. The summed E-state index contributed by atoms with van der Waals surface area (Å²) in [6.45, 7) is 1.38. The molecule has 1 aromatic heterocycles. The average molecular weight is 363 g/mol. The molecule has 0 bridgehead atoms. The number of carbonyl (C=O) groups is 1. The van der Waals surface area contributed by atoms with Crippen LogP contribution < -0.4 is 11.2 Å². The number of ether oxygens (including phenoxy) is 1. The molecule has 0 amide bonds. The fourth-order valence-corrected chi connectivity index (χ4v) is 2.43. The number of aliphatic hydroxyl groups is 1. The molecule has 0 aliphatic carbocycles. The number of aliphatic hydroxyl groups excluding tert-OH is 1. The topological polar surface area (TPSA) is 150 Å². The Morgan fingerprint density at radius 3 is 2.76 bits per heavy atom. The number of nitrogens with one attached hydrogen (secondary N) is 1. The molecule has 25 heavy (non-hydrogen) atoms. The quantitative estimate of drug-likeness (QED) is 0.448. The lowest BCUT2D eigenvalue weighted by molar-refractivity contribution is -0.187. The van der Waals surface area contributed by atoms with Crippen molar-refractivity contribution in [3.8, 4) is 0 Å². The van der Waals surface area contributed by atoms with Crippen LogP contribution in [0.25, 0.3) is 10.4 Å². The Morgan fingerprint density at radius 1 is 1.56 bits per heavy atom. The highest BCUT2D eigenvalue weighted by atomic mass is 19.4. The summed E-state index contributed by atoms with van der Waals surface area (Å²) in [5.74, 6) is -2.46. The molecule has 1 fully saturated rings. The maximum absolute atomic E-state index is 12.5. The first-order chi connectivity index (χ1) is 11.6. The molecule has 1 saturated heterocycles. The molecule has 13 heteroatoms. The van der Waals surface area contributed by atoms with Crippen molar-refractivity contribution in [1.82, 2.24) is 9.55 Å². The lowest BCUT2D eigenvalue weighted by atomic mass is 10.0. The van der Waals surface area contributed by atoms with Gasteiger partial charge in [-0.05, 0) is 12.5 Å². The molecular weight excluding hydrogens is 351 g/mol. The van der Waals surface area contributed by atoms with Gasteiger partial charge in [0.25, 0.3) is 11.3 Å². The van der Waals surface area contributed by atoms with Crippen molar-refractivity contribution in [2.45, 2.75) is 44.0 Å². The highest BCUT2D eigenvalue weighted by Gasteiger charge is 2.50. The first-order valence-corrected chi connectivity index (χ1v) is 6.87. The van der Waals surface area contributed by atoms with E-state index in [9.17, 15) is 32.7 Å². The number of alkyl halides is 3. The van der Waals surface area contributed by atoms with E-state index in [0.717, 1.165) is 10.8 Å². The fraction of sp³-hybridized carbons (Fsp3) is 0.583. The fourth-order valence-electron chi connectivity index (χ4n) is 2.43. The summed E-state index contributed by atoms with van der Waals surface area (Å²) in [6.07, 6.45) is -10.1. The van der Waals surface area contributed by atoms with Crippen molar-refractivity contribution in [1.29, 1.82) is 0 Å². The lowest BCUT2D eigenvalue weighted by Gasteiger charge is -2.21. The predicted molar refractivity (Wildman–Crippen MR) is 74.6 cm³/mol. The smallest absolute Gasteiger partial charge is 0.382 e. The van der Waals surface area contributed by atoms with Crippen molar-refractivity contribution in [2.24, 2.45) is 5.11 Å². The molecule has 2 heterocycles. The number of Topliss-reactive ketones (excluding diaryl/α,β-unsaturated/α-hetero) is 1. The van der Waals surface area contributed by atoms with E-state index in [4.69, 9.17) is 10.3 Å². The van der Waals surface area contributed by atoms with E-state index in [1.807, 2.05) is 4.98 Å². The molecule has 1 aliphatic rings. The van der Waals surface area contributed by atoms with Gasteiger partial charge in [0, 0.05) is 23.1 Å². The second-order valence-electron chi connectivity index (χ2n) is 5.35. The zero-order chi connectivity index (χ0) is 18.9. The molecule has 0 spiro atoms. The van der Waals surface area contributed by atoms with Gasteiger partial charge in [-0.25, -0.2) is 4.79 Å². The van der Waals surface area contributed by atoms with Gasteiger partial charge in [-0.3, -0.25) is 19.1 Å². The van der Waals surface area contributed by atoms with E-state index >= 15 is 0 Å². The van der Waals surface area contributed by atoms with Gasteiger partial charge in [-0.15, -0.1) is 0 Å². The van der Waals surface area contributed by atoms with Crippen LogP contribution in [0.5, 0.6) is 0 Å². The molecule has 10 nitrogen and oxygen atoms in total. The highest BCUT2D eigenvalue weighted by molar-refractivity contribution is 5.88. The molecular formula is C12H12F3N5O5. The van der Waals surface area contributed by atoms with Crippen molar-refractivity contribution in [3.05, 3.63) is 43.0 Å². The van der Waals surface area contributed by atoms with E-state index in [1.54, 1.807) is 0 Å². The third-order valence-corrected chi connectivity index (χ3v) is 3.65. The maximum Gasteiger partial charge on any atom is 0.452 e. The molecule has 2 N–H and O–H groups in total. The largest absolute Gasteiger partial charge is 0.452 e. The number of hydrogen-bond acceptors (Lipinski definition) is 6. The molecule has 0 aromatic carbocycles. The standard InChI is InChI=1S/C12H12F3N5O5/c1-4-3-20(11(24)17-10(4)23)6-2-5(18-19-16)8(25-6)7(21)9(22)12(13,14)15/h3,5-8,21H,2H2,1H3,(H,17,23,24)/t5?,6-,7?,8+/m1/s1. The van der Waals surface area contributed by atoms with Gasteiger partial charge in [0.1, 0.15) is 18.4 Å². The van der Waals surface area contributed by atoms with Crippen LogP contribution in [0.1, 0.15) is 18.2 Å². The normalized spacial score (nSPS) is 24.6. The molecule has 136 valence electrons. The Balaban J connectivity index is 2.36. The predicted octanol–water partition coefficient (Wildman–Crippen LogP) is 0.304. The van der Waals surface area contributed by atoms with Gasteiger partial charge in [0.15, 0.2) is 0 Å². The van der Waals surface area contributed by atoms with Crippen LogP contribution in [0.4, 0.5) is 13.2 Å². The first kappa shape index (κ1) is 18.7. The van der Waals surface area contributed by atoms with Crippen molar-refractivity contribution < 1.29 is 27.8 Å². The SMILES string of the molecule is Cc1cn([C@H]2CC(N=[N+]=[N-])[C@@H](C(O)C(=O)C(F)(F)F)O2)c(=O)[nH]c1=O. The van der Waals surface area contributed by atoms with Crippen LogP contribution in [-0.2, 0) is 9.53 Å². The zero-order valence-electron chi connectivity index (χ0n) is 12.6. The Morgan fingerprint density at radius 2 is 2.20 bits per heavy atom. The van der Waals surface area contributed by atoms with E-state index in [1.165, 1.54) is 6.92 Å². The number of nitrogens with zero attached hydrogens (tertiary/aromatic N) is 4. The van der Waals surface area contributed by atoms with Crippen LogP contribution in [-0.4, -0.2) is 44.9 Å². The van der Waals surface area contributed by atoms with Crippen molar-refractivity contribution in [3.63, 3.8) is 0 Å². The number of carbonyl (C=O) groups excluding carboxylic acids is 1. The monoisotopic (exact) mass is 363 g/mol. The summed E-state index contributed by atoms with van der Waals surface area (Å²) >= 11 is 0. The van der Waals surface area contributed by atoms with Crippen LogP contribution in [0, 0.1) is 6.92 Å². The molecule has 0 saturated carbocycles. The highest BCUT2D eigenvalue weighted by Crippen LogP contribution is 2.34.